The first-order valence-electron chi connectivity index (χ1n) is 8.46. The number of hydrogen-bond acceptors (Lipinski definition) is 4. The number of nitrogens with zero attached hydrogens (tertiary/aromatic N) is 3. The predicted molar refractivity (Wildman–Crippen MR) is 93.7 cm³/mol. The van der Waals surface area contributed by atoms with E-state index in [2.05, 4.69) is 25.5 Å². The summed E-state index contributed by atoms with van der Waals surface area (Å²) in [6.07, 6.45) is 5.32. The first-order chi connectivity index (χ1) is 12.1. The summed E-state index contributed by atoms with van der Waals surface area (Å²) in [5.74, 6) is 0.403. The SMILES string of the molecule is C[C@H](NC(=O)N[C@@H]1CCCN(c2ncccn2)C1)c1ccc(F)cc1. The summed E-state index contributed by atoms with van der Waals surface area (Å²) in [5, 5.41) is 5.90. The Labute approximate surface area is 146 Å². The maximum atomic E-state index is 13.0. The number of rotatable bonds is 4. The second-order valence-electron chi connectivity index (χ2n) is 6.22. The van der Waals surface area contributed by atoms with Gasteiger partial charge in [-0.15, -0.1) is 0 Å². The summed E-state index contributed by atoms with van der Waals surface area (Å²) in [7, 11) is 0. The average molecular weight is 343 g/mol. The molecule has 0 bridgehead atoms. The zero-order valence-corrected chi connectivity index (χ0v) is 14.2. The van der Waals surface area contributed by atoms with E-state index in [1.165, 1.54) is 12.1 Å². The van der Waals surface area contributed by atoms with Gasteiger partial charge in [-0.2, -0.15) is 0 Å². The van der Waals surface area contributed by atoms with Crippen molar-refractivity contribution in [3.8, 4) is 0 Å². The molecule has 132 valence electrons. The van der Waals surface area contributed by atoms with Crippen molar-refractivity contribution < 1.29 is 9.18 Å². The van der Waals surface area contributed by atoms with Gasteiger partial charge in [0.25, 0.3) is 0 Å². The summed E-state index contributed by atoms with van der Waals surface area (Å²) in [5.41, 5.74) is 0.861. The first kappa shape index (κ1) is 17.1. The normalized spacial score (nSPS) is 18.5. The van der Waals surface area contributed by atoms with Gasteiger partial charge in [0.15, 0.2) is 0 Å². The smallest absolute Gasteiger partial charge is 0.315 e. The minimum atomic E-state index is -0.286. The van der Waals surface area contributed by atoms with Gasteiger partial charge < -0.3 is 15.5 Å². The number of hydrogen-bond donors (Lipinski definition) is 2. The van der Waals surface area contributed by atoms with Crippen molar-refractivity contribution in [1.82, 2.24) is 20.6 Å². The van der Waals surface area contributed by atoms with Crippen molar-refractivity contribution in [1.29, 1.82) is 0 Å². The number of urea groups is 1. The number of nitrogens with one attached hydrogen (secondary N) is 2. The fraction of sp³-hybridized carbons (Fsp3) is 0.389. The van der Waals surface area contributed by atoms with E-state index in [-0.39, 0.29) is 23.9 Å². The molecule has 1 fully saturated rings. The molecule has 0 saturated carbocycles. The fourth-order valence-corrected chi connectivity index (χ4v) is 2.99. The molecule has 1 aromatic carbocycles. The Bertz CT molecular complexity index is 694. The number of benzene rings is 1. The molecule has 3 rings (SSSR count). The van der Waals surface area contributed by atoms with Crippen LogP contribution < -0.4 is 15.5 Å². The summed E-state index contributed by atoms with van der Waals surface area (Å²) in [4.78, 5) is 22.9. The lowest BCUT2D eigenvalue weighted by Gasteiger charge is -2.33. The van der Waals surface area contributed by atoms with Crippen LogP contribution in [0.15, 0.2) is 42.7 Å². The summed E-state index contributed by atoms with van der Waals surface area (Å²) in [6.45, 7) is 3.44. The molecule has 0 radical (unpaired) electrons. The minimum Gasteiger partial charge on any atom is -0.339 e. The number of halogens is 1. The highest BCUT2D eigenvalue weighted by molar-refractivity contribution is 5.74. The van der Waals surface area contributed by atoms with Crippen LogP contribution in [0.25, 0.3) is 0 Å². The van der Waals surface area contributed by atoms with E-state index in [4.69, 9.17) is 0 Å². The van der Waals surface area contributed by atoms with E-state index in [9.17, 15) is 9.18 Å². The third-order valence-electron chi connectivity index (χ3n) is 4.31. The standard InChI is InChI=1S/C18H22FN5O/c1-13(14-5-7-15(19)8-6-14)22-18(25)23-16-4-2-11-24(12-16)17-20-9-3-10-21-17/h3,5-10,13,16H,2,4,11-12H2,1H3,(H2,22,23,25)/t13-,16+/m0/s1. The van der Waals surface area contributed by atoms with Gasteiger partial charge in [-0.25, -0.2) is 19.2 Å². The highest BCUT2D eigenvalue weighted by Crippen LogP contribution is 2.16. The van der Waals surface area contributed by atoms with Crippen LogP contribution in [0.2, 0.25) is 0 Å². The average Bonchev–Trinajstić information content (AvgIpc) is 2.63. The lowest BCUT2D eigenvalue weighted by atomic mass is 10.1. The van der Waals surface area contributed by atoms with Gasteiger partial charge in [0.1, 0.15) is 5.82 Å². The number of piperidine rings is 1. The van der Waals surface area contributed by atoms with E-state index in [0.717, 1.165) is 24.9 Å². The van der Waals surface area contributed by atoms with Crippen molar-refractivity contribution in [3.63, 3.8) is 0 Å². The molecule has 2 atom stereocenters. The molecule has 6 nitrogen and oxygen atoms in total. The maximum absolute atomic E-state index is 13.0. The molecule has 2 amide bonds. The van der Waals surface area contributed by atoms with Crippen LogP contribution in [0, 0.1) is 5.82 Å². The largest absolute Gasteiger partial charge is 0.339 e. The minimum absolute atomic E-state index is 0.0398. The van der Waals surface area contributed by atoms with Crippen LogP contribution >= 0.6 is 0 Å². The third kappa shape index (κ3) is 4.65. The Morgan fingerprint density at radius 1 is 1.28 bits per heavy atom. The van der Waals surface area contributed by atoms with E-state index in [1.807, 2.05) is 6.92 Å². The van der Waals surface area contributed by atoms with E-state index >= 15 is 0 Å². The van der Waals surface area contributed by atoms with Crippen molar-refractivity contribution in [2.75, 3.05) is 18.0 Å². The quantitative estimate of drug-likeness (QED) is 0.895. The van der Waals surface area contributed by atoms with E-state index in [0.29, 0.717) is 12.5 Å². The molecule has 2 aromatic rings. The fourth-order valence-electron chi connectivity index (χ4n) is 2.99. The van der Waals surface area contributed by atoms with Gasteiger partial charge in [-0.05, 0) is 43.5 Å². The lowest BCUT2D eigenvalue weighted by Crippen LogP contribution is -2.51. The predicted octanol–water partition coefficient (Wildman–Crippen LogP) is 2.64. The number of aromatic nitrogens is 2. The molecule has 1 aromatic heterocycles. The maximum Gasteiger partial charge on any atom is 0.315 e. The van der Waals surface area contributed by atoms with Crippen LogP contribution in [-0.2, 0) is 0 Å². The van der Waals surface area contributed by atoms with Gasteiger partial charge in [0.2, 0.25) is 5.95 Å². The molecular weight excluding hydrogens is 321 g/mol. The lowest BCUT2D eigenvalue weighted by molar-refractivity contribution is 0.232. The summed E-state index contributed by atoms with van der Waals surface area (Å²) < 4.78 is 13.0. The summed E-state index contributed by atoms with van der Waals surface area (Å²) >= 11 is 0. The Kier molecular flexibility index (Phi) is 5.42. The zero-order chi connectivity index (χ0) is 17.6. The topological polar surface area (TPSA) is 70.2 Å². The molecule has 1 aliphatic heterocycles. The molecule has 0 spiro atoms. The number of carbonyl (C=O) groups excluding carboxylic acids is 1. The highest BCUT2D eigenvalue weighted by Gasteiger charge is 2.23. The van der Waals surface area contributed by atoms with Crippen LogP contribution in [0.3, 0.4) is 0 Å². The highest BCUT2D eigenvalue weighted by atomic mass is 19.1. The Hall–Kier alpha value is -2.70. The van der Waals surface area contributed by atoms with Gasteiger partial charge in [-0.1, -0.05) is 12.1 Å². The van der Waals surface area contributed by atoms with Gasteiger partial charge in [0, 0.05) is 31.5 Å². The molecular formula is C18H22FN5O. The second kappa shape index (κ2) is 7.92. The van der Waals surface area contributed by atoms with Crippen LogP contribution in [-0.4, -0.2) is 35.1 Å². The van der Waals surface area contributed by atoms with Gasteiger partial charge in [0.05, 0.1) is 6.04 Å². The summed E-state index contributed by atoms with van der Waals surface area (Å²) in [6, 6.07) is 7.54. The number of carbonyl (C=O) groups is 1. The molecule has 2 heterocycles. The zero-order valence-electron chi connectivity index (χ0n) is 14.2. The number of amides is 2. The number of anilines is 1. The molecule has 1 saturated heterocycles. The van der Waals surface area contributed by atoms with E-state index < -0.39 is 0 Å². The Balaban J connectivity index is 1.53. The van der Waals surface area contributed by atoms with Gasteiger partial charge >= 0.3 is 6.03 Å². The van der Waals surface area contributed by atoms with Crippen molar-refractivity contribution in [2.24, 2.45) is 0 Å². The van der Waals surface area contributed by atoms with Crippen LogP contribution in [0.5, 0.6) is 0 Å². The Morgan fingerprint density at radius 3 is 2.72 bits per heavy atom. The van der Waals surface area contributed by atoms with Crippen LogP contribution in [0.4, 0.5) is 15.1 Å². The van der Waals surface area contributed by atoms with Crippen LogP contribution in [0.1, 0.15) is 31.4 Å². The van der Waals surface area contributed by atoms with Crippen molar-refractivity contribution in [3.05, 3.63) is 54.1 Å². The third-order valence-corrected chi connectivity index (χ3v) is 4.31. The second-order valence-corrected chi connectivity index (χ2v) is 6.22. The molecule has 0 aliphatic carbocycles. The monoisotopic (exact) mass is 343 g/mol. The van der Waals surface area contributed by atoms with Crippen molar-refractivity contribution >= 4 is 12.0 Å². The molecule has 2 N–H and O–H groups in total. The Morgan fingerprint density at radius 2 is 2.00 bits per heavy atom. The molecule has 7 heteroatoms. The molecule has 25 heavy (non-hydrogen) atoms. The van der Waals surface area contributed by atoms with E-state index in [1.54, 1.807) is 30.6 Å². The van der Waals surface area contributed by atoms with Gasteiger partial charge in [-0.3, -0.25) is 0 Å². The molecule has 1 aliphatic rings. The van der Waals surface area contributed by atoms with Crippen molar-refractivity contribution in [2.45, 2.75) is 31.8 Å². The molecule has 0 unspecified atom stereocenters. The first-order valence-corrected chi connectivity index (χ1v) is 8.46.